The van der Waals surface area contributed by atoms with E-state index in [-0.39, 0.29) is 17.9 Å². The van der Waals surface area contributed by atoms with Gasteiger partial charge in [0.25, 0.3) is 0 Å². The summed E-state index contributed by atoms with van der Waals surface area (Å²) < 4.78 is 5.18. The normalized spacial score (nSPS) is 20.9. The first-order valence-corrected chi connectivity index (χ1v) is 9.38. The van der Waals surface area contributed by atoms with Crippen LogP contribution < -0.4 is 4.74 Å². The molecule has 3 rings (SSSR count). The van der Waals surface area contributed by atoms with E-state index in [1.807, 2.05) is 47.4 Å². The van der Waals surface area contributed by atoms with E-state index in [1.165, 1.54) is 4.90 Å². The molecular formula is C20H23NO3S. The highest BCUT2D eigenvalue weighted by Crippen LogP contribution is 2.35. The number of hydrogen-bond donors (Lipinski definition) is 1. The van der Waals surface area contributed by atoms with Gasteiger partial charge in [0.2, 0.25) is 5.91 Å². The average Bonchev–Trinajstić information content (AvgIpc) is 2.63. The van der Waals surface area contributed by atoms with Crippen LogP contribution in [0.25, 0.3) is 0 Å². The van der Waals surface area contributed by atoms with Gasteiger partial charge in [-0.25, -0.2) is 0 Å². The Balaban J connectivity index is 1.68. The summed E-state index contributed by atoms with van der Waals surface area (Å²) in [5, 5.41) is 9.99. The predicted molar refractivity (Wildman–Crippen MR) is 99.7 cm³/mol. The summed E-state index contributed by atoms with van der Waals surface area (Å²) in [7, 11) is 1.64. The number of likely N-dealkylation sites (tertiary alicyclic amines) is 1. The Hall–Kier alpha value is -1.98. The fraction of sp³-hybridized carbons (Fsp3) is 0.350. The van der Waals surface area contributed by atoms with Crippen LogP contribution in [-0.2, 0) is 11.3 Å². The van der Waals surface area contributed by atoms with Crippen LogP contribution in [0.5, 0.6) is 5.75 Å². The monoisotopic (exact) mass is 357 g/mol. The Bertz CT molecular complexity index is 703. The second-order valence-electron chi connectivity index (χ2n) is 6.27. The molecule has 0 aliphatic carbocycles. The van der Waals surface area contributed by atoms with Gasteiger partial charge in [-0.05, 0) is 36.8 Å². The van der Waals surface area contributed by atoms with Gasteiger partial charge in [0, 0.05) is 17.2 Å². The van der Waals surface area contributed by atoms with E-state index in [2.05, 4.69) is 12.1 Å². The van der Waals surface area contributed by atoms with E-state index in [0.717, 1.165) is 17.1 Å². The van der Waals surface area contributed by atoms with Gasteiger partial charge in [0.05, 0.1) is 25.2 Å². The fourth-order valence-corrected chi connectivity index (χ4v) is 4.27. The lowest BCUT2D eigenvalue weighted by atomic mass is 9.84. The van der Waals surface area contributed by atoms with Gasteiger partial charge in [0.1, 0.15) is 5.75 Å². The molecule has 1 fully saturated rings. The predicted octanol–water partition coefficient (Wildman–Crippen LogP) is 3.20. The number of methoxy groups -OCH3 is 1. The molecule has 4 nitrogen and oxygen atoms in total. The molecule has 0 saturated carbocycles. The third-order valence-electron chi connectivity index (χ3n) is 4.58. The van der Waals surface area contributed by atoms with Crippen molar-refractivity contribution in [3.63, 3.8) is 0 Å². The first-order chi connectivity index (χ1) is 12.1. The molecule has 5 heteroatoms. The van der Waals surface area contributed by atoms with E-state index >= 15 is 0 Å². The number of ether oxygens (including phenoxy) is 1. The second kappa shape index (κ2) is 7.93. The molecule has 0 radical (unpaired) electrons. The molecule has 25 heavy (non-hydrogen) atoms. The number of thioether (sulfide) groups is 1. The standard InChI is InChI=1S/C20H23NO3S/c1-14(22)19-18(13-25-17-6-4-3-5-7-17)21(20(19)23)12-15-8-10-16(24-2)11-9-15/h3-11,14,18-19,22H,12-13H2,1-2H3/t14-,18-,19-/m1/s1. The number of nitrogens with zero attached hydrogens (tertiary/aromatic N) is 1. The Labute approximate surface area is 152 Å². The highest BCUT2D eigenvalue weighted by Gasteiger charge is 2.49. The largest absolute Gasteiger partial charge is 0.497 e. The summed E-state index contributed by atoms with van der Waals surface area (Å²) in [6.07, 6.45) is -0.624. The molecular weight excluding hydrogens is 334 g/mol. The maximum Gasteiger partial charge on any atom is 0.231 e. The van der Waals surface area contributed by atoms with Gasteiger partial charge in [-0.2, -0.15) is 0 Å². The highest BCUT2D eigenvalue weighted by molar-refractivity contribution is 7.99. The number of β-lactam (4-membered cyclic amide) rings is 1. The Morgan fingerprint density at radius 3 is 2.44 bits per heavy atom. The third kappa shape index (κ3) is 3.99. The minimum Gasteiger partial charge on any atom is -0.497 e. The summed E-state index contributed by atoms with van der Waals surface area (Å²) >= 11 is 1.72. The number of hydrogen-bond acceptors (Lipinski definition) is 4. The zero-order valence-electron chi connectivity index (χ0n) is 14.5. The number of rotatable bonds is 7. The Kier molecular flexibility index (Phi) is 5.66. The Morgan fingerprint density at radius 2 is 1.84 bits per heavy atom. The topological polar surface area (TPSA) is 49.8 Å². The smallest absolute Gasteiger partial charge is 0.231 e. The van der Waals surface area contributed by atoms with Gasteiger partial charge in [-0.3, -0.25) is 4.79 Å². The zero-order chi connectivity index (χ0) is 17.8. The van der Waals surface area contributed by atoms with Crippen molar-refractivity contribution >= 4 is 17.7 Å². The van der Waals surface area contributed by atoms with Crippen molar-refractivity contribution in [3.8, 4) is 5.75 Å². The van der Waals surface area contributed by atoms with E-state index in [0.29, 0.717) is 6.54 Å². The molecule has 1 heterocycles. The molecule has 132 valence electrons. The van der Waals surface area contributed by atoms with Crippen molar-refractivity contribution in [1.29, 1.82) is 0 Å². The first kappa shape index (κ1) is 17.8. The van der Waals surface area contributed by atoms with Crippen LogP contribution in [0.15, 0.2) is 59.5 Å². The lowest BCUT2D eigenvalue weighted by Gasteiger charge is -2.48. The molecule has 0 spiro atoms. The molecule has 1 amide bonds. The number of aliphatic hydroxyl groups is 1. The molecule has 3 atom stereocenters. The minimum atomic E-state index is -0.624. The lowest BCUT2D eigenvalue weighted by molar-refractivity contribution is -0.163. The van der Waals surface area contributed by atoms with Crippen LogP contribution in [0.3, 0.4) is 0 Å². The minimum absolute atomic E-state index is 0.0319. The molecule has 1 aliphatic rings. The van der Waals surface area contributed by atoms with Gasteiger partial charge < -0.3 is 14.7 Å². The summed E-state index contributed by atoms with van der Waals surface area (Å²) in [4.78, 5) is 15.5. The van der Waals surface area contributed by atoms with Crippen LogP contribution >= 0.6 is 11.8 Å². The highest BCUT2D eigenvalue weighted by atomic mass is 32.2. The van der Waals surface area contributed by atoms with Crippen LogP contribution in [0.2, 0.25) is 0 Å². The van der Waals surface area contributed by atoms with Gasteiger partial charge in [-0.1, -0.05) is 30.3 Å². The van der Waals surface area contributed by atoms with Gasteiger partial charge >= 0.3 is 0 Å². The van der Waals surface area contributed by atoms with Gasteiger partial charge in [0.15, 0.2) is 0 Å². The number of carbonyl (C=O) groups is 1. The van der Waals surface area contributed by atoms with Crippen molar-refractivity contribution in [2.45, 2.75) is 30.5 Å². The average molecular weight is 357 g/mol. The van der Waals surface area contributed by atoms with Crippen LogP contribution in [0.4, 0.5) is 0 Å². The summed E-state index contributed by atoms with van der Waals surface area (Å²) in [5.74, 6) is 1.30. The SMILES string of the molecule is COc1ccc(CN2C(=O)[C@H]([C@@H](C)O)[C@H]2CSc2ccccc2)cc1. The molecule has 1 N–H and O–H groups in total. The van der Waals surface area contributed by atoms with Crippen molar-refractivity contribution in [3.05, 3.63) is 60.2 Å². The third-order valence-corrected chi connectivity index (χ3v) is 5.69. The molecule has 2 aromatic carbocycles. The van der Waals surface area contributed by atoms with Crippen molar-refractivity contribution in [2.75, 3.05) is 12.9 Å². The van der Waals surface area contributed by atoms with Crippen molar-refractivity contribution in [2.24, 2.45) is 5.92 Å². The maximum absolute atomic E-state index is 12.5. The molecule has 2 aromatic rings. The quantitative estimate of drug-likeness (QED) is 0.611. The number of amides is 1. The van der Waals surface area contributed by atoms with E-state index < -0.39 is 6.10 Å². The van der Waals surface area contributed by atoms with Crippen LogP contribution in [0.1, 0.15) is 12.5 Å². The van der Waals surface area contributed by atoms with E-state index in [4.69, 9.17) is 4.74 Å². The molecule has 1 aliphatic heterocycles. The summed E-state index contributed by atoms with van der Waals surface area (Å²) in [5.41, 5.74) is 1.06. The second-order valence-corrected chi connectivity index (χ2v) is 7.37. The first-order valence-electron chi connectivity index (χ1n) is 8.39. The number of aliphatic hydroxyl groups excluding tert-OH is 1. The maximum atomic E-state index is 12.5. The molecule has 1 saturated heterocycles. The molecule has 0 aromatic heterocycles. The van der Waals surface area contributed by atoms with Crippen molar-refractivity contribution in [1.82, 2.24) is 4.90 Å². The van der Waals surface area contributed by atoms with Gasteiger partial charge in [-0.15, -0.1) is 11.8 Å². The zero-order valence-corrected chi connectivity index (χ0v) is 15.3. The molecule has 0 unspecified atom stereocenters. The lowest BCUT2D eigenvalue weighted by Crippen LogP contribution is -2.64. The van der Waals surface area contributed by atoms with E-state index in [1.54, 1.807) is 25.8 Å². The van der Waals surface area contributed by atoms with Crippen molar-refractivity contribution < 1.29 is 14.6 Å². The molecule has 0 bridgehead atoms. The summed E-state index contributed by atoms with van der Waals surface area (Å²) in [6, 6.07) is 17.9. The van der Waals surface area contributed by atoms with Crippen LogP contribution in [0, 0.1) is 5.92 Å². The van der Waals surface area contributed by atoms with E-state index in [9.17, 15) is 9.90 Å². The number of carbonyl (C=O) groups excluding carboxylic acids is 1. The number of benzene rings is 2. The van der Waals surface area contributed by atoms with Crippen LogP contribution in [-0.4, -0.2) is 40.9 Å². The Morgan fingerprint density at radius 1 is 1.16 bits per heavy atom. The summed E-state index contributed by atoms with van der Waals surface area (Å²) in [6.45, 7) is 2.26. The fourth-order valence-electron chi connectivity index (χ4n) is 3.17.